The molecule has 1 N–H and O–H groups in total. The second kappa shape index (κ2) is 10.7. The molecule has 0 spiro atoms. The lowest BCUT2D eigenvalue weighted by atomic mass is 10.1. The number of esters is 1. The maximum atomic E-state index is 11.8. The Bertz CT molecular complexity index is 719. The van der Waals surface area contributed by atoms with E-state index in [0.29, 0.717) is 23.7 Å². The largest absolute Gasteiger partial charge is 0.497 e. The number of carbonyl (C=O) groups is 2. The molecular formula is C19H20ClNO4S. The number of nitrogens with one attached hydrogen (secondary N) is 1. The molecule has 0 aromatic heterocycles. The van der Waals surface area contributed by atoms with Gasteiger partial charge >= 0.3 is 5.97 Å². The van der Waals surface area contributed by atoms with Crippen LogP contribution in [0.3, 0.4) is 0 Å². The van der Waals surface area contributed by atoms with Crippen LogP contribution in [0.15, 0.2) is 48.5 Å². The first-order valence-electron chi connectivity index (χ1n) is 7.98. The van der Waals surface area contributed by atoms with Crippen molar-refractivity contribution in [2.24, 2.45) is 0 Å². The van der Waals surface area contributed by atoms with E-state index in [-0.39, 0.29) is 23.4 Å². The van der Waals surface area contributed by atoms with Gasteiger partial charge in [0.25, 0.3) is 0 Å². The minimum atomic E-state index is -0.331. The van der Waals surface area contributed by atoms with Gasteiger partial charge in [-0.15, -0.1) is 11.8 Å². The summed E-state index contributed by atoms with van der Waals surface area (Å²) in [6, 6.07) is 14.4. The standard InChI is InChI=1S/C19H20ClNO4S/c1-24-17-8-2-14(3-9-17)10-11-25-19(23)13-26-12-18(22)21-16-6-4-15(20)5-7-16/h2-9H,10-13H2,1H3,(H,21,22). The molecule has 138 valence electrons. The summed E-state index contributed by atoms with van der Waals surface area (Å²) in [7, 11) is 1.62. The van der Waals surface area contributed by atoms with Crippen molar-refractivity contribution in [3.8, 4) is 5.75 Å². The molecule has 2 rings (SSSR count). The van der Waals surface area contributed by atoms with Gasteiger partial charge < -0.3 is 14.8 Å². The number of thioether (sulfide) groups is 1. The van der Waals surface area contributed by atoms with Crippen LogP contribution in [-0.4, -0.2) is 37.1 Å². The van der Waals surface area contributed by atoms with Gasteiger partial charge in [-0.2, -0.15) is 0 Å². The third-order valence-electron chi connectivity index (χ3n) is 3.39. The molecule has 0 heterocycles. The fourth-order valence-corrected chi connectivity index (χ4v) is 2.81. The number of anilines is 1. The van der Waals surface area contributed by atoms with Crippen LogP contribution in [0.25, 0.3) is 0 Å². The molecule has 2 aromatic rings. The van der Waals surface area contributed by atoms with Gasteiger partial charge in [0.2, 0.25) is 5.91 Å². The molecule has 7 heteroatoms. The highest BCUT2D eigenvalue weighted by Crippen LogP contribution is 2.14. The highest BCUT2D eigenvalue weighted by Gasteiger charge is 2.07. The Morgan fingerprint density at radius 2 is 1.73 bits per heavy atom. The van der Waals surface area contributed by atoms with Gasteiger partial charge in [0.1, 0.15) is 5.75 Å². The zero-order chi connectivity index (χ0) is 18.8. The van der Waals surface area contributed by atoms with Crippen molar-refractivity contribution in [1.29, 1.82) is 0 Å². The van der Waals surface area contributed by atoms with Gasteiger partial charge in [-0.25, -0.2) is 0 Å². The predicted molar refractivity (Wildman–Crippen MR) is 105 cm³/mol. The molecule has 0 unspecified atom stereocenters. The lowest BCUT2D eigenvalue weighted by molar-refractivity contribution is -0.140. The van der Waals surface area contributed by atoms with Gasteiger partial charge in [0.05, 0.1) is 25.2 Å². The van der Waals surface area contributed by atoms with Crippen LogP contribution >= 0.6 is 23.4 Å². The number of benzene rings is 2. The Kier molecular flexibility index (Phi) is 8.31. The Morgan fingerprint density at radius 3 is 2.38 bits per heavy atom. The van der Waals surface area contributed by atoms with Crippen molar-refractivity contribution in [1.82, 2.24) is 0 Å². The maximum Gasteiger partial charge on any atom is 0.315 e. The molecule has 0 saturated heterocycles. The average molecular weight is 394 g/mol. The van der Waals surface area contributed by atoms with Crippen LogP contribution in [0.4, 0.5) is 5.69 Å². The molecule has 0 bridgehead atoms. The van der Waals surface area contributed by atoms with Crippen molar-refractivity contribution >= 4 is 40.9 Å². The van der Waals surface area contributed by atoms with Crippen LogP contribution in [0.2, 0.25) is 5.02 Å². The van der Waals surface area contributed by atoms with Crippen LogP contribution in [0, 0.1) is 0 Å². The summed E-state index contributed by atoms with van der Waals surface area (Å²) in [5, 5.41) is 3.34. The minimum absolute atomic E-state index is 0.136. The smallest absolute Gasteiger partial charge is 0.315 e. The fourth-order valence-electron chi connectivity index (χ4n) is 2.07. The van der Waals surface area contributed by atoms with E-state index in [1.807, 2.05) is 24.3 Å². The van der Waals surface area contributed by atoms with Crippen LogP contribution in [-0.2, 0) is 20.7 Å². The second-order valence-corrected chi connectivity index (χ2v) is 6.79. The Labute approximate surface area is 162 Å². The summed E-state index contributed by atoms with van der Waals surface area (Å²) in [5.41, 5.74) is 1.73. The average Bonchev–Trinajstić information content (AvgIpc) is 2.64. The number of methoxy groups -OCH3 is 1. The molecule has 5 nitrogen and oxygen atoms in total. The molecule has 1 amide bonds. The molecule has 0 aliphatic carbocycles. The third-order valence-corrected chi connectivity index (χ3v) is 4.55. The summed E-state index contributed by atoms with van der Waals surface area (Å²) in [6.45, 7) is 0.308. The predicted octanol–water partition coefficient (Wildman–Crippen LogP) is 3.81. The van der Waals surface area contributed by atoms with Crippen LogP contribution < -0.4 is 10.1 Å². The lowest BCUT2D eigenvalue weighted by Crippen LogP contribution is -2.16. The first-order chi connectivity index (χ1) is 12.6. The van der Waals surface area contributed by atoms with Gasteiger partial charge in [0, 0.05) is 17.1 Å². The van der Waals surface area contributed by atoms with Crippen molar-refractivity contribution in [3.63, 3.8) is 0 Å². The Balaban J connectivity index is 1.59. The van der Waals surface area contributed by atoms with Gasteiger partial charge in [-0.1, -0.05) is 23.7 Å². The highest BCUT2D eigenvalue weighted by molar-refractivity contribution is 8.00. The molecule has 0 aliphatic heterocycles. The number of hydrogen-bond acceptors (Lipinski definition) is 5. The molecule has 2 aromatic carbocycles. The third kappa shape index (κ3) is 7.37. The molecule has 0 aliphatic rings. The number of rotatable bonds is 9. The highest BCUT2D eigenvalue weighted by atomic mass is 35.5. The van der Waals surface area contributed by atoms with Crippen LogP contribution in [0.5, 0.6) is 5.75 Å². The second-order valence-electron chi connectivity index (χ2n) is 5.37. The monoisotopic (exact) mass is 393 g/mol. The summed E-state index contributed by atoms with van der Waals surface area (Å²) in [4.78, 5) is 23.5. The number of amides is 1. The summed E-state index contributed by atoms with van der Waals surface area (Å²) in [6.07, 6.45) is 0.636. The molecule has 0 atom stereocenters. The molecule has 0 saturated carbocycles. The Morgan fingerprint density at radius 1 is 1.04 bits per heavy atom. The fraction of sp³-hybridized carbons (Fsp3) is 0.263. The topological polar surface area (TPSA) is 64.6 Å². The normalized spacial score (nSPS) is 10.2. The van der Waals surface area contributed by atoms with Crippen molar-refractivity contribution < 1.29 is 19.1 Å². The summed E-state index contributed by atoms with van der Waals surface area (Å²) < 4.78 is 10.3. The van der Waals surface area contributed by atoms with E-state index in [0.717, 1.165) is 11.3 Å². The van der Waals surface area contributed by atoms with E-state index in [9.17, 15) is 9.59 Å². The van der Waals surface area contributed by atoms with Crippen molar-refractivity contribution in [2.75, 3.05) is 30.5 Å². The summed E-state index contributed by atoms with van der Waals surface area (Å²) >= 11 is 7.00. The molecule has 0 radical (unpaired) electrons. The number of carbonyl (C=O) groups excluding carboxylic acids is 2. The number of hydrogen-bond donors (Lipinski definition) is 1. The first kappa shape index (κ1) is 20.1. The van der Waals surface area contributed by atoms with E-state index in [4.69, 9.17) is 21.1 Å². The molecule has 0 fully saturated rings. The van der Waals surface area contributed by atoms with Gasteiger partial charge in [-0.3, -0.25) is 9.59 Å². The summed E-state index contributed by atoms with van der Waals surface area (Å²) in [5.74, 6) is 0.595. The molecule has 26 heavy (non-hydrogen) atoms. The van der Waals surface area contributed by atoms with E-state index < -0.39 is 0 Å². The minimum Gasteiger partial charge on any atom is -0.497 e. The number of halogens is 1. The first-order valence-corrected chi connectivity index (χ1v) is 9.52. The Hall–Kier alpha value is -2.18. The quantitative estimate of drug-likeness (QED) is 0.656. The van der Waals surface area contributed by atoms with Crippen LogP contribution in [0.1, 0.15) is 5.56 Å². The van der Waals surface area contributed by atoms with E-state index >= 15 is 0 Å². The SMILES string of the molecule is COc1ccc(CCOC(=O)CSCC(=O)Nc2ccc(Cl)cc2)cc1. The zero-order valence-corrected chi connectivity index (χ0v) is 15.9. The van der Waals surface area contributed by atoms with E-state index in [1.165, 1.54) is 11.8 Å². The van der Waals surface area contributed by atoms with Crippen molar-refractivity contribution in [2.45, 2.75) is 6.42 Å². The van der Waals surface area contributed by atoms with E-state index in [2.05, 4.69) is 5.32 Å². The number of ether oxygens (including phenoxy) is 2. The zero-order valence-electron chi connectivity index (χ0n) is 14.4. The van der Waals surface area contributed by atoms with E-state index in [1.54, 1.807) is 31.4 Å². The maximum absolute atomic E-state index is 11.8. The lowest BCUT2D eigenvalue weighted by Gasteiger charge is -2.07. The molecular weight excluding hydrogens is 374 g/mol. The van der Waals surface area contributed by atoms with Gasteiger partial charge in [-0.05, 0) is 42.0 Å². The van der Waals surface area contributed by atoms with Gasteiger partial charge in [0.15, 0.2) is 0 Å². The van der Waals surface area contributed by atoms with Crippen molar-refractivity contribution in [3.05, 3.63) is 59.1 Å².